The molecule has 0 radical (unpaired) electrons. The molecule has 3 nitrogen and oxygen atoms in total. The van der Waals surface area contributed by atoms with Crippen molar-refractivity contribution in [1.82, 2.24) is 0 Å². The second-order valence-corrected chi connectivity index (χ2v) is 6.08. The zero-order valence-corrected chi connectivity index (χ0v) is 14.9. The molecule has 0 heterocycles. The Labute approximate surface area is 145 Å². The van der Waals surface area contributed by atoms with E-state index in [1.807, 2.05) is 49.4 Å². The molecule has 0 aromatic heterocycles. The van der Waals surface area contributed by atoms with Crippen molar-refractivity contribution in [3.63, 3.8) is 0 Å². The minimum atomic E-state index is -0.166. The Morgan fingerprint density at radius 3 is 2.61 bits per heavy atom. The minimum absolute atomic E-state index is 0.166. The predicted octanol–water partition coefficient (Wildman–Crippen LogP) is 5.20. The molecule has 0 spiro atoms. The van der Waals surface area contributed by atoms with Gasteiger partial charge in [0, 0.05) is 10.5 Å². The molecule has 4 heteroatoms. The number of ether oxygens (including phenoxy) is 1. The van der Waals surface area contributed by atoms with Gasteiger partial charge in [-0.25, -0.2) is 0 Å². The minimum Gasteiger partial charge on any atom is -0.494 e. The molecule has 120 valence electrons. The van der Waals surface area contributed by atoms with Crippen LogP contribution in [0.2, 0.25) is 0 Å². The van der Waals surface area contributed by atoms with Gasteiger partial charge in [-0.15, -0.1) is 0 Å². The summed E-state index contributed by atoms with van der Waals surface area (Å²) in [6, 6.07) is 13.5. The number of halogens is 1. The van der Waals surface area contributed by atoms with Gasteiger partial charge in [0.15, 0.2) is 0 Å². The fraction of sp³-hybridized carbons (Fsp3) is 0.211. The van der Waals surface area contributed by atoms with Crippen LogP contribution in [0.25, 0.3) is 6.08 Å². The second kappa shape index (κ2) is 8.53. The molecule has 2 aromatic rings. The van der Waals surface area contributed by atoms with Crippen LogP contribution in [-0.4, -0.2) is 12.5 Å². The third kappa shape index (κ3) is 5.57. The SMILES string of the molecule is CCCOc1ccc(C=CC(=O)Nc2ccc(C)cc2Br)cc1. The number of carbonyl (C=O) groups excluding carboxylic acids is 1. The Hall–Kier alpha value is -2.07. The van der Waals surface area contributed by atoms with Gasteiger partial charge in [0.25, 0.3) is 0 Å². The van der Waals surface area contributed by atoms with Crippen LogP contribution in [-0.2, 0) is 4.79 Å². The molecular weight excluding hydrogens is 354 g/mol. The highest BCUT2D eigenvalue weighted by Crippen LogP contribution is 2.23. The van der Waals surface area contributed by atoms with Crippen LogP contribution in [0.4, 0.5) is 5.69 Å². The zero-order chi connectivity index (χ0) is 16.7. The van der Waals surface area contributed by atoms with E-state index < -0.39 is 0 Å². The first kappa shape index (κ1) is 17.3. The number of hydrogen-bond donors (Lipinski definition) is 1. The lowest BCUT2D eigenvalue weighted by atomic mass is 10.2. The highest BCUT2D eigenvalue weighted by Gasteiger charge is 2.02. The van der Waals surface area contributed by atoms with Crippen molar-refractivity contribution in [2.24, 2.45) is 0 Å². The van der Waals surface area contributed by atoms with Gasteiger partial charge < -0.3 is 10.1 Å². The van der Waals surface area contributed by atoms with E-state index in [1.54, 1.807) is 6.08 Å². The van der Waals surface area contributed by atoms with Crippen LogP contribution in [0.5, 0.6) is 5.75 Å². The van der Waals surface area contributed by atoms with Gasteiger partial charge in [-0.2, -0.15) is 0 Å². The molecule has 0 aliphatic carbocycles. The number of carbonyl (C=O) groups is 1. The van der Waals surface area contributed by atoms with E-state index in [4.69, 9.17) is 4.74 Å². The van der Waals surface area contributed by atoms with Gasteiger partial charge in [0.1, 0.15) is 5.75 Å². The van der Waals surface area contributed by atoms with Crippen LogP contribution in [0.3, 0.4) is 0 Å². The van der Waals surface area contributed by atoms with Gasteiger partial charge in [-0.1, -0.05) is 25.1 Å². The molecule has 0 bridgehead atoms. The Bertz CT molecular complexity index is 693. The Morgan fingerprint density at radius 2 is 1.96 bits per heavy atom. The van der Waals surface area contributed by atoms with Crippen molar-refractivity contribution in [2.45, 2.75) is 20.3 Å². The first-order chi connectivity index (χ1) is 11.1. The van der Waals surface area contributed by atoms with Gasteiger partial charge in [-0.3, -0.25) is 4.79 Å². The van der Waals surface area contributed by atoms with E-state index >= 15 is 0 Å². The molecule has 0 aliphatic heterocycles. The predicted molar refractivity (Wildman–Crippen MR) is 98.8 cm³/mol. The van der Waals surface area contributed by atoms with Crippen molar-refractivity contribution in [3.05, 3.63) is 64.1 Å². The smallest absolute Gasteiger partial charge is 0.248 e. The summed E-state index contributed by atoms with van der Waals surface area (Å²) in [5.74, 6) is 0.679. The number of hydrogen-bond acceptors (Lipinski definition) is 2. The summed E-state index contributed by atoms with van der Waals surface area (Å²) >= 11 is 3.45. The Balaban J connectivity index is 1.95. The zero-order valence-electron chi connectivity index (χ0n) is 13.3. The molecule has 1 N–H and O–H groups in total. The quantitative estimate of drug-likeness (QED) is 0.706. The van der Waals surface area contributed by atoms with Crippen molar-refractivity contribution in [1.29, 1.82) is 0 Å². The average molecular weight is 374 g/mol. The van der Waals surface area contributed by atoms with Crippen LogP contribution in [0.15, 0.2) is 53.0 Å². The van der Waals surface area contributed by atoms with Crippen LogP contribution < -0.4 is 10.1 Å². The maximum Gasteiger partial charge on any atom is 0.248 e. The summed E-state index contributed by atoms with van der Waals surface area (Å²) in [6.45, 7) is 4.79. The Kier molecular flexibility index (Phi) is 6.41. The maximum absolute atomic E-state index is 12.0. The van der Waals surface area contributed by atoms with Crippen molar-refractivity contribution >= 4 is 33.6 Å². The number of amides is 1. The highest BCUT2D eigenvalue weighted by atomic mass is 79.9. The van der Waals surface area contributed by atoms with Gasteiger partial charge in [0.2, 0.25) is 5.91 Å². The first-order valence-corrected chi connectivity index (χ1v) is 8.36. The number of anilines is 1. The number of rotatable bonds is 6. The molecular formula is C19H20BrNO2. The largest absolute Gasteiger partial charge is 0.494 e. The second-order valence-electron chi connectivity index (χ2n) is 5.22. The van der Waals surface area contributed by atoms with E-state index in [-0.39, 0.29) is 5.91 Å². The fourth-order valence-corrected chi connectivity index (χ4v) is 2.56. The standard InChI is InChI=1S/C19H20BrNO2/c1-3-12-23-16-8-5-15(6-9-16)7-11-19(22)21-18-10-4-14(2)13-17(18)20/h4-11,13H,3,12H2,1-2H3,(H,21,22). The number of aryl methyl sites for hydroxylation is 1. The molecule has 2 rings (SSSR count). The summed E-state index contributed by atoms with van der Waals surface area (Å²) in [5.41, 5.74) is 2.84. The normalized spacial score (nSPS) is 10.7. The topological polar surface area (TPSA) is 38.3 Å². The highest BCUT2D eigenvalue weighted by molar-refractivity contribution is 9.10. The van der Waals surface area contributed by atoms with Crippen molar-refractivity contribution in [3.8, 4) is 5.75 Å². The van der Waals surface area contributed by atoms with Crippen LogP contribution in [0, 0.1) is 6.92 Å². The summed E-state index contributed by atoms with van der Waals surface area (Å²) in [7, 11) is 0. The molecule has 0 fully saturated rings. The summed E-state index contributed by atoms with van der Waals surface area (Å²) < 4.78 is 6.40. The van der Waals surface area contributed by atoms with Gasteiger partial charge in [0.05, 0.1) is 12.3 Å². The van der Waals surface area contributed by atoms with Gasteiger partial charge in [-0.05, 0) is 70.7 Å². The Morgan fingerprint density at radius 1 is 1.22 bits per heavy atom. The van der Waals surface area contributed by atoms with Crippen molar-refractivity contribution in [2.75, 3.05) is 11.9 Å². The third-order valence-corrected chi connectivity index (χ3v) is 3.82. The van der Waals surface area contributed by atoms with Crippen LogP contribution >= 0.6 is 15.9 Å². The molecule has 1 amide bonds. The van der Waals surface area contributed by atoms with E-state index in [0.29, 0.717) is 6.61 Å². The fourth-order valence-electron chi connectivity index (χ4n) is 1.96. The summed E-state index contributed by atoms with van der Waals surface area (Å²) in [6.07, 6.45) is 4.28. The summed E-state index contributed by atoms with van der Waals surface area (Å²) in [5, 5.41) is 2.85. The third-order valence-electron chi connectivity index (χ3n) is 3.16. The molecule has 2 aromatic carbocycles. The lowest BCUT2D eigenvalue weighted by Crippen LogP contribution is -2.08. The average Bonchev–Trinajstić information content (AvgIpc) is 2.54. The van der Waals surface area contributed by atoms with E-state index in [0.717, 1.165) is 33.5 Å². The monoisotopic (exact) mass is 373 g/mol. The molecule has 0 saturated heterocycles. The molecule has 23 heavy (non-hydrogen) atoms. The molecule has 0 atom stereocenters. The van der Waals surface area contributed by atoms with Crippen LogP contribution in [0.1, 0.15) is 24.5 Å². The number of benzene rings is 2. The summed E-state index contributed by atoms with van der Waals surface area (Å²) in [4.78, 5) is 12.0. The molecule has 0 saturated carbocycles. The van der Waals surface area contributed by atoms with Crippen molar-refractivity contribution < 1.29 is 9.53 Å². The maximum atomic E-state index is 12.0. The molecule has 0 aliphatic rings. The lowest BCUT2D eigenvalue weighted by molar-refractivity contribution is -0.111. The lowest BCUT2D eigenvalue weighted by Gasteiger charge is -2.06. The van der Waals surface area contributed by atoms with E-state index in [9.17, 15) is 4.79 Å². The van der Waals surface area contributed by atoms with E-state index in [2.05, 4.69) is 28.2 Å². The first-order valence-electron chi connectivity index (χ1n) is 7.56. The van der Waals surface area contributed by atoms with Gasteiger partial charge >= 0.3 is 0 Å². The molecule has 0 unspecified atom stereocenters. The van der Waals surface area contributed by atoms with E-state index in [1.165, 1.54) is 6.08 Å². The number of nitrogens with one attached hydrogen (secondary N) is 1.